The van der Waals surface area contributed by atoms with E-state index in [1.165, 1.54) is 6.42 Å². The van der Waals surface area contributed by atoms with Crippen molar-refractivity contribution >= 4 is 18.3 Å². The number of aryl methyl sites for hydroxylation is 1. The molecule has 6 heteroatoms. The van der Waals surface area contributed by atoms with Crippen molar-refractivity contribution in [1.29, 1.82) is 0 Å². The Morgan fingerprint density at radius 2 is 1.73 bits per heavy atom. The number of nitrogens with one attached hydrogen (secondary N) is 1. The zero-order valence-electron chi connectivity index (χ0n) is 19.5. The summed E-state index contributed by atoms with van der Waals surface area (Å²) in [6.07, 6.45) is 6.18. The summed E-state index contributed by atoms with van der Waals surface area (Å²) in [6, 6.07) is 6.64. The molecular formula is C24H39NO3SSi. The maximum absolute atomic E-state index is 12.9. The molecule has 0 spiro atoms. The number of rotatable bonds is 7. The predicted molar refractivity (Wildman–Crippen MR) is 127 cm³/mol. The molecule has 0 radical (unpaired) electrons. The summed E-state index contributed by atoms with van der Waals surface area (Å²) in [5, 5.41) is 0.175. The van der Waals surface area contributed by atoms with E-state index >= 15 is 0 Å². The van der Waals surface area contributed by atoms with Crippen LogP contribution in [-0.2, 0) is 14.4 Å². The molecule has 1 fully saturated rings. The molecule has 30 heavy (non-hydrogen) atoms. The first-order chi connectivity index (χ1) is 13.9. The molecule has 0 amide bonds. The minimum atomic E-state index is -3.59. The molecule has 0 heterocycles. The largest absolute Gasteiger partial charge is 0.416 e. The molecule has 1 aromatic carbocycles. The van der Waals surface area contributed by atoms with Crippen molar-refractivity contribution in [3.05, 3.63) is 29.8 Å². The molecule has 1 saturated carbocycles. The van der Waals surface area contributed by atoms with Crippen molar-refractivity contribution < 1.29 is 12.8 Å². The summed E-state index contributed by atoms with van der Waals surface area (Å²) >= 11 is 0. The monoisotopic (exact) mass is 449 g/mol. The highest BCUT2D eigenvalue weighted by Crippen LogP contribution is 2.36. The van der Waals surface area contributed by atoms with Crippen LogP contribution in [0.25, 0.3) is 0 Å². The summed E-state index contributed by atoms with van der Waals surface area (Å²) < 4.78 is 35.0. The molecular weight excluding hydrogens is 410 g/mol. The molecule has 0 aliphatic heterocycles. The van der Waals surface area contributed by atoms with Crippen molar-refractivity contribution in [2.24, 2.45) is 5.92 Å². The van der Waals surface area contributed by atoms with Crippen LogP contribution in [0.5, 0.6) is 0 Å². The van der Waals surface area contributed by atoms with Gasteiger partial charge in [-0.25, -0.2) is 8.42 Å². The van der Waals surface area contributed by atoms with Crippen molar-refractivity contribution in [3.63, 3.8) is 0 Å². The van der Waals surface area contributed by atoms with Crippen LogP contribution < -0.4 is 4.72 Å². The second-order valence-electron chi connectivity index (χ2n) is 9.99. The van der Waals surface area contributed by atoms with Gasteiger partial charge in [-0.3, -0.25) is 0 Å². The summed E-state index contributed by atoms with van der Waals surface area (Å²) in [6.45, 7) is 13.7. The van der Waals surface area contributed by atoms with E-state index in [1.807, 2.05) is 19.1 Å². The van der Waals surface area contributed by atoms with Crippen LogP contribution in [0.4, 0.5) is 0 Å². The highest BCUT2D eigenvalue weighted by atomic mass is 32.2. The lowest BCUT2D eigenvalue weighted by molar-refractivity contribution is 0.296. The van der Waals surface area contributed by atoms with Crippen LogP contribution >= 0.6 is 0 Å². The Kier molecular flexibility index (Phi) is 8.76. The van der Waals surface area contributed by atoms with Crippen molar-refractivity contribution in [1.82, 2.24) is 4.72 Å². The second kappa shape index (κ2) is 10.5. The van der Waals surface area contributed by atoms with E-state index in [9.17, 15) is 8.42 Å². The number of hydrogen-bond acceptors (Lipinski definition) is 3. The zero-order chi connectivity index (χ0) is 22.4. The first-order valence-corrected chi connectivity index (χ1v) is 15.5. The third-order valence-electron chi connectivity index (χ3n) is 6.49. The highest BCUT2D eigenvalue weighted by Gasteiger charge is 2.36. The van der Waals surface area contributed by atoms with E-state index in [0.717, 1.165) is 31.2 Å². The minimum absolute atomic E-state index is 0.175. The summed E-state index contributed by atoms with van der Waals surface area (Å²) in [4.78, 5) is 0.303. The first kappa shape index (κ1) is 25.1. The van der Waals surface area contributed by atoms with E-state index in [0.29, 0.717) is 17.9 Å². The topological polar surface area (TPSA) is 55.4 Å². The van der Waals surface area contributed by atoms with E-state index in [2.05, 4.69) is 50.4 Å². The van der Waals surface area contributed by atoms with Crippen LogP contribution in [0.15, 0.2) is 29.2 Å². The fourth-order valence-corrected chi connectivity index (χ4v) is 5.68. The second-order valence-corrected chi connectivity index (χ2v) is 16.5. The van der Waals surface area contributed by atoms with Gasteiger partial charge in [0, 0.05) is 13.0 Å². The lowest BCUT2D eigenvalue weighted by atomic mass is 9.84. The van der Waals surface area contributed by atoms with E-state index < -0.39 is 18.3 Å². The Morgan fingerprint density at radius 1 is 1.13 bits per heavy atom. The molecule has 1 aliphatic rings. The molecule has 1 aliphatic carbocycles. The smallest absolute Gasteiger partial charge is 0.241 e. The van der Waals surface area contributed by atoms with Gasteiger partial charge in [-0.1, -0.05) is 69.6 Å². The Labute approximate surface area is 185 Å². The van der Waals surface area contributed by atoms with Gasteiger partial charge in [-0.05, 0) is 55.9 Å². The van der Waals surface area contributed by atoms with Crippen LogP contribution in [0.3, 0.4) is 0 Å². The van der Waals surface area contributed by atoms with Crippen molar-refractivity contribution in [3.8, 4) is 11.8 Å². The number of hydrogen-bond donors (Lipinski definition) is 1. The number of sulfonamides is 1. The lowest BCUT2D eigenvalue weighted by Gasteiger charge is -2.35. The Hall–Kier alpha value is -1.13. The molecule has 0 bridgehead atoms. The molecule has 168 valence electrons. The summed E-state index contributed by atoms with van der Waals surface area (Å²) in [7, 11) is -5.37. The van der Waals surface area contributed by atoms with Crippen LogP contribution in [-0.4, -0.2) is 29.4 Å². The highest BCUT2D eigenvalue weighted by molar-refractivity contribution is 7.89. The van der Waals surface area contributed by atoms with Gasteiger partial charge in [-0.2, -0.15) is 4.72 Å². The number of benzene rings is 1. The third kappa shape index (κ3) is 7.23. The van der Waals surface area contributed by atoms with E-state index in [1.54, 1.807) is 12.1 Å². The minimum Gasteiger partial charge on any atom is -0.416 e. The Morgan fingerprint density at radius 3 is 2.30 bits per heavy atom. The fraction of sp³-hybridized carbons (Fsp3) is 0.667. The molecule has 2 rings (SSSR count). The van der Waals surface area contributed by atoms with Crippen LogP contribution in [0, 0.1) is 24.7 Å². The quantitative estimate of drug-likeness (QED) is 0.333. The van der Waals surface area contributed by atoms with Gasteiger partial charge in [0.15, 0.2) is 8.32 Å². The SMILES string of the molecule is Cc1ccc(S(=O)(=O)NC(C#CCCO[Si](C)(C)C(C)(C)C)C2CCCCC2)cc1. The van der Waals surface area contributed by atoms with Crippen LogP contribution in [0.1, 0.15) is 64.9 Å². The maximum atomic E-state index is 12.9. The van der Waals surface area contributed by atoms with E-state index in [4.69, 9.17) is 4.43 Å². The molecule has 1 aromatic rings. The Bertz CT molecular complexity index is 839. The molecule has 1 N–H and O–H groups in total. The van der Waals surface area contributed by atoms with Gasteiger partial charge < -0.3 is 4.43 Å². The summed E-state index contributed by atoms with van der Waals surface area (Å²) in [5.74, 6) is 6.73. The molecule has 1 atom stereocenters. The fourth-order valence-electron chi connectivity index (χ4n) is 3.42. The van der Waals surface area contributed by atoms with Crippen LogP contribution in [0.2, 0.25) is 18.1 Å². The van der Waals surface area contributed by atoms with Crippen molar-refractivity contribution in [2.75, 3.05) is 6.61 Å². The normalized spacial score (nSPS) is 17.3. The van der Waals surface area contributed by atoms with Gasteiger partial charge in [0.25, 0.3) is 0 Å². The van der Waals surface area contributed by atoms with Crippen molar-refractivity contribution in [2.45, 2.75) is 95.3 Å². The average molecular weight is 450 g/mol. The lowest BCUT2D eigenvalue weighted by Crippen LogP contribution is -2.41. The molecule has 0 aromatic heterocycles. The Balaban J connectivity index is 2.07. The average Bonchev–Trinajstić information content (AvgIpc) is 2.67. The molecule has 1 unspecified atom stereocenters. The third-order valence-corrected chi connectivity index (χ3v) is 12.5. The molecule has 4 nitrogen and oxygen atoms in total. The van der Waals surface area contributed by atoms with Gasteiger partial charge >= 0.3 is 0 Å². The van der Waals surface area contributed by atoms with Gasteiger partial charge in [0.1, 0.15) is 0 Å². The van der Waals surface area contributed by atoms with Gasteiger partial charge in [0.2, 0.25) is 10.0 Å². The standard InChI is InChI=1S/C24H39NO3SSi/c1-20-15-17-22(18-16-20)29(26,27)25-23(21-12-8-7-9-13-21)14-10-11-19-28-30(5,6)24(2,3)4/h15-18,21,23,25H,7-9,11-13,19H2,1-6H3. The summed E-state index contributed by atoms with van der Waals surface area (Å²) in [5.41, 5.74) is 1.04. The molecule has 0 saturated heterocycles. The van der Waals surface area contributed by atoms with E-state index in [-0.39, 0.29) is 17.0 Å². The van der Waals surface area contributed by atoms with Gasteiger partial charge in [0.05, 0.1) is 10.9 Å². The zero-order valence-corrected chi connectivity index (χ0v) is 21.4. The van der Waals surface area contributed by atoms with Gasteiger partial charge in [-0.15, -0.1) is 0 Å². The predicted octanol–water partition coefficient (Wildman–Crippen LogP) is 5.64. The first-order valence-electron chi connectivity index (χ1n) is 11.1. The maximum Gasteiger partial charge on any atom is 0.241 e.